The Morgan fingerprint density at radius 1 is 1.27 bits per heavy atom. The maximum Gasteiger partial charge on any atom is 0.208 e. The number of piperidine rings is 1. The molecule has 0 bridgehead atoms. The summed E-state index contributed by atoms with van der Waals surface area (Å²) in [5.41, 5.74) is 1.13. The highest BCUT2D eigenvalue weighted by Crippen LogP contribution is 2.33. The van der Waals surface area contributed by atoms with Crippen LogP contribution in [0.15, 0.2) is 18.2 Å². The molecule has 1 fully saturated rings. The molecule has 1 aromatic carbocycles. The molecule has 7 heteroatoms. The van der Waals surface area contributed by atoms with E-state index in [-0.39, 0.29) is 0 Å². The summed E-state index contributed by atoms with van der Waals surface area (Å²) in [5, 5.41) is 0. The predicted molar refractivity (Wildman–Crippen MR) is 104 cm³/mol. The van der Waals surface area contributed by atoms with Crippen LogP contribution in [-0.2, 0) is 16.6 Å². The smallest absolute Gasteiger partial charge is 0.208 e. The van der Waals surface area contributed by atoms with Gasteiger partial charge < -0.3 is 9.47 Å². The maximum atomic E-state index is 11.3. The fourth-order valence-electron chi connectivity index (χ4n) is 3.29. The highest BCUT2D eigenvalue weighted by atomic mass is 32.2. The Labute approximate surface area is 157 Å². The van der Waals surface area contributed by atoms with Crippen molar-refractivity contribution in [3.63, 3.8) is 0 Å². The normalized spacial score (nSPS) is 18.7. The quantitative estimate of drug-likeness (QED) is 0.672. The summed E-state index contributed by atoms with van der Waals surface area (Å²) in [6, 6.07) is 6.05. The van der Waals surface area contributed by atoms with Gasteiger partial charge in [0.1, 0.15) is 0 Å². The monoisotopic (exact) mass is 384 g/mol. The van der Waals surface area contributed by atoms with Crippen molar-refractivity contribution in [1.29, 1.82) is 0 Å². The van der Waals surface area contributed by atoms with E-state index in [2.05, 4.69) is 22.6 Å². The molecule has 6 nitrogen and oxygen atoms in total. The molecule has 1 heterocycles. The molecular weight excluding hydrogens is 352 g/mol. The highest BCUT2D eigenvalue weighted by molar-refractivity contribution is 7.88. The van der Waals surface area contributed by atoms with Gasteiger partial charge in [0.15, 0.2) is 11.5 Å². The molecule has 0 aromatic heterocycles. The summed E-state index contributed by atoms with van der Waals surface area (Å²) >= 11 is 0. The molecule has 2 rings (SSSR count). The standard InChI is InChI=1S/C19H32N2O4S/c1-4-12-25-19-17(9-6-10-18(19)24-5-2)15-21-11-7-8-16(14-21)13-20-26(3,22)23/h6,9-10,16,20H,4-5,7-8,11-15H2,1-3H3. The minimum absolute atomic E-state index is 0.341. The summed E-state index contributed by atoms with van der Waals surface area (Å²) in [4.78, 5) is 2.38. The Morgan fingerprint density at radius 3 is 2.77 bits per heavy atom. The summed E-state index contributed by atoms with van der Waals surface area (Å²) in [6.45, 7) is 8.53. The van der Waals surface area contributed by atoms with Crippen LogP contribution >= 0.6 is 0 Å². The first kappa shape index (κ1) is 21.0. The van der Waals surface area contributed by atoms with Crippen molar-refractivity contribution in [3.8, 4) is 11.5 Å². The van der Waals surface area contributed by atoms with Crippen molar-refractivity contribution in [3.05, 3.63) is 23.8 Å². The predicted octanol–water partition coefficient (Wildman–Crippen LogP) is 2.64. The Balaban J connectivity index is 2.05. The van der Waals surface area contributed by atoms with Gasteiger partial charge in [-0.25, -0.2) is 13.1 Å². The molecule has 0 saturated carbocycles. The van der Waals surface area contributed by atoms with Gasteiger partial charge in [-0.15, -0.1) is 0 Å². The van der Waals surface area contributed by atoms with Gasteiger partial charge in [-0.1, -0.05) is 19.1 Å². The van der Waals surface area contributed by atoms with E-state index in [1.54, 1.807) is 0 Å². The molecule has 0 radical (unpaired) electrons. The zero-order chi connectivity index (χ0) is 19.0. The second-order valence-electron chi connectivity index (χ2n) is 6.89. The van der Waals surface area contributed by atoms with Crippen molar-refractivity contribution < 1.29 is 17.9 Å². The first-order valence-corrected chi connectivity index (χ1v) is 11.4. The van der Waals surface area contributed by atoms with Gasteiger partial charge in [0.25, 0.3) is 0 Å². The molecule has 148 valence electrons. The average molecular weight is 385 g/mol. The number of benzene rings is 1. The van der Waals surface area contributed by atoms with Crippen molar-refractivity contribution in [2.75, 3.05) is 39.1 Å². The summed E-state index contributed by atoms with van der Waals surface area (Å²) in [6.07, 6.45) is 4.29. The Kier molecular flexibility index (Phi) is 8.18. The van der Waals surface area contributed by atoms with Gasteiger partial charge in [-0.3, -0.25) is 4.90 Å². The van der Waals surface area contributed by atoms with Gasteiger partial charge in [-0.2, -0.15) is 0 Å². The van der Waals surface area contributed by atoms with Crippen LogP contribution in [0.3, 0.4) is 0 Å². The third-order valence-corrected chi connectivity index (χ3v) is 5.13. The molecule has 0 amide bonds. The first-order valence-electron chi connectivity index (χ1n) is 9.47. The number of nitrogens with zero attached hydrogens (tertiary/aromatic N) is 1. The molecule has 1 aromatic rings. The second-order valence-corrected chi connectivity index (χ2v) is 8.72. The Bertz CT molecular complexity index is 664. The van der Waals surface area contributed by atoms with Crippen molar-refractivity contribution in [2.24, 2.45) is 5.92 Å². The van der Waals surface area contributed by atoms with E-state index >= 15 is 0 Å². The van der Waals surface area contributed by atoms with E-state index in [9.17, 15) is 8.42 Å². The topological polar surface area (TPSA) is 67.9 Å². The number of para-hydroxylation sites is 1. The number of rotatable bonds is 10. The van der Waals surface area contributed by atoms with Crippen LogP contribution in [0.4, 0.5) is 0 Å². The van der Waals surface area contributed by atoms with Gasteiger partial charge in [0, 0.05) is 25.2 Å². The lowest BCUT2D eigenvalue weighted by Crippen LogP contribution is -2.40. The largest absolute Gasteiger partial charge is 0.490 e. The van der Waals surface area contributed by atoms with Crippen molar-refractivity contribution in [1.82, 2.24) is 9.62 Å². The molecule has 1 saturated heterocycles. The maximum absolute atomic E-state index is 11.3. The van der Waals surface area contributed by atoms with Crippen LogP contribution in [0.2, 0.25) is 0 Å². The number of nitrogens with one attached hydrogen (secondary N) is 1. The Morgan fingerprint density at radius 2 is 2.08 bits per heavy atom. The van der Waals surface area contributed by atoms with Crippen LogP contribution in [0.1, 0.15) is 38.7 Å². The molecule has 1 atom stereocenters. The third-order valence-electron chi connectivity index (χ3n) is 4.44. The van der Waals surface area contributed by atoms with E-state index < -0.39 is 10.0 Å². The van der Waals surface area contributed by atoms with Crippen molar-refractivity contribution in [2.45, 2.75) is 39.7 Å². The molecule has 1 aliphatic heterocycles. The fourth-order valence-corrected chi connectivity index (χ4v) is 3.83. The summed E-state index contributed by atoms with van der Waals surface area (Å²) in [7, 11) is -3.13. The lowest BCUT2D eigenvalue weighted by atomic mass is 9.98. The third kappa shape index (κ3) is 6.78. The molecule has 0 spiro atoms. The van der Waals surface area contributed by atoms with Gasteiger partial charge in [-0.05, 0) is 44.7 Å². The average Bonchev–Trinajstić information content (AvgIpc) is 2.59. The zero-order valence-corrected chi connectivity index (χ0v) is 17.0. The summed E-state index contributed by atoms with van der Waals surface area (Å²) in [5.74, 6) is 1.98. The number of sulfonamides is 1. The Hall–Kier alpha value is -1.31. The van der Waals surface area contributed by atoms with E-state index in [0.29, 0.717) is 25.7 Å². The van der Waals surface area contributed by atoms with Crippen LogP contribution in [-0.4, -0.2) is 52.4 Å². The minimum atomic E-state index is -3.13. The highest BCUT2D eigenvalue weighted by Gasteiger charge is 2.22. The molecular formula is C19H32N2O4S. The molecule has 1 aliphatic rings. The first-order chi connectivity index (χ1) is 12.4. The van der Waals surface area contributed by atoms with Crippen LogP contribution in [0.5, 0.6) is 11.5 Å². The number of likely N-dealkylation sites (tertiary alicyclic amines) is 1. The lowest BCUT2D eigenvalue weighted by Gasteiger charge is -2.33. The van der Waals surface area contributed by atoms with Crippen molar-refractivity contribution >= 4 is 10.0 Å². The van der Waals surface area contributed by atoms with Crippen LogP contribution < -0.4 is 14.2 Å². The van der Waals surface area contributed by atoms with E-state index in [1.165, 1.54) is 6.26 Å². The SMILES string of the molecule is CCCOc1c(CN2CCCC(CNS(C)(=O)=O)C2)cccc1OCC. The minimum Gasteiger partial charge on any atom is -0.490 e. The van der Waals surface area contributed by atoms with E-state index in [1.807, 2.05) is 19.1 Å². The summed E-state index contributed by atoms with van der Waals surface area (Å²) < 4.78 is 37.0. The van der Waals surface area contributed by atoms with Gasteiger partial charge >= 0.3 is 0 Å². The van der Waals surface area contributed by atoms with Gasteiger partial charge in [0.05, 0.1) is 19.5 Å². The molecule has 26 heavy (non-hydrogen) atoms. The second kappa shape index (κ2) is 10.1. The van der Waals surface area contributed by atoms with Gasteiger partial charge in [0.2, 0.25) is 10.0 Å². The fraction of sp³-hybridized carbons (Fsp3) is 0.684. The van der Waals surface area contributed by atoms with Crippen LogP contribution in [0.25, 0.3) is 0 Å². The van der Waals surface area contributed by atoms with Crippen LogP contribution in [0, 0.1) is 5.92 Å². The lowest BCUT2D eigenvalue weighted by molar-refractivity contribution is 0.166. The van der Waals surface area contributed by atoms with E-state index in [4.69, 9.17) is 9.47 Å². The molecule has 0 aliphatic carbocycles. The zero-order valence-electron chi connectivity index (χ0n) is 16.2. The van der Waals surface area contributed by atoms with E-state index in [0.717, 1.165) is 56.0 Å². The molecule has 1 N–H and O–H groups in total. The number of hydrogen-bond donors (Lipinski definition) is 1. The number of ether oxygens (including phenoxy) is 2. The number of hydrogen-bond acceptors (Lipinski definition) is 5. The molecule has 1 unspecified atom stereocenters.